The molecule has 0 bridgehead atoms. The molecule has 1 aliphatic heterocycles. The highest BCUT2D eigenvalue weighted by atomic mass is 32.2. The van der Waals surface area contributed by atoms with Crippen LogP contribution in [0.4, 0.5) is 0 Å². The SMILES string of the molecule is CN(C)CCOCCNS(=O)(=O)c1ccc2c(c1)CNC2. The van der Waals surface area contributed by atoms with Gasteiger partial charge in [-0.2, -0.15) is 0 Å². The second-order valence-corrected chi connectivity index (χ2v) is 7.11. The quantitative estimate of drug-likeness (QED) is 0.669. The van der Waals surface area contributed by atoms with Crippen LogP contribution in [-0.4, -0.2) is 53.7 Å². The maximum absolute atomic E-state index is 12.2. The van der Waals surface area contributed by atoms with Gasteiger partial charge in [0.2, 0.25) is 10.0 Å². The lowest BCUT2D eigenvalue weighted by molar-refractivity contribution is 0.122. The number of rotatable bonds is 8. The Labute approximate surface area is 126 Å². The minimum atomic E-state index is -3.45. The molecular formula is C14H23N3O3S. The summed E-state index contributed by atoms with van der Waals surface area (Å²) < 4.78 is 32.3. The van der Waals surface area contributed by atoms with Crippen LogP contribution in [0, 0.1) is 0 Å². The van der Waals surface area contributed by atoms with E-state index in [0.717, 1.165) is 25.2 Å². The van der Waals surface area contributed by atoms with Crippen molar-refractivity contribution >= 4 is 10.0 Å². The van der Waals surface area contributed by atoms with Crippen LogP contribution >= 0.6 is 0 Å². The Morgan fingerprint density at radius 2 is 2.00 bits per heavy atom. The van der Waals surface area contributed by atoms with Crippen molar-refractivity contribution < 1.29 is 13.2 Å². The van der Waals surface area contributed by atoms with Crippen molar-refractivity contribution in [1.29, 1.82) is 0 Å². The zero-order valence-corrected chi connectivity index (χ0v) is 13.4. The molecular weight excluding hydrogens is 290 g/mol. The first-order valence-corrected chi connectivity index (χ1v) is 8.52. The average Bonchev–Trinajstić information content (AvgIpc) is 2.89. The monoisotopic (exact) mass is 313 g/mol. The zero-order valence-electron chi connectivity index (χ0n) is 12.6. The summed E-state index contributed by atoms with van der Waals surface area (Å²) in [6, 6.07) is 5.27. The predicted molar refractivity (Wildman–Crippen MR) is 81.5 cm³/mol. The molecule has 0 spiro atoms. The first-order valence-electron chi connectivity index (χ1n) is 7.04. The first kappa shape index (κ1) is 16.4. The summed E-state index contributed by atoms with van der Waals surface area (Å²) in [5.41, 5.74) is 2.22. The van der Waals surface area contributed by atoms with Crippen molar-refractivity contribution in [2.45, 2.75) is 18.0 Å². The highest BCUT2D eigenvalue weighted by Gasteiger charge is 2.17. The fraction of sp³-hybridized carbons (Fsp3) is 0.571. The number of benzene rings is 1. The van der Waals surface area contributed by atoms with Gasteiger partial charge in [-0.3, -0.25) is 0 Å². The molecule has 0 atom stereocenters. The highest BCUT2D eigenvalue weighted by Crippen LogP contribution is 2.19. The topological polar surface area (TPSA) is 70.7 Å². The lowest BCUT2D eigenvalue weighted by Crippen LogP contribution is -2.28. The van der Waals surface area contributed by atoms with Gasteiger partial charge in [0.1, 0.15) is 0 Å². The lowest BCUT2D eigenvalue weighted by atomic mass is 10.1. The molecule has 2 rings (SSSR count). The summed E-state index contributed by atoms with van der Waals surface area (Å²) in [6.07, 6.45) is 0. The molecule has 0 unspecified atom stereocenters. The molecule has 0 saturated carbocycles. The van der Waals surface area contributed by atoms with Crippen LogP contribution in [0.15, 0.2) is 23.1 Å². The number of hydrogen-bond acceptors (Lipinski definition) is 5. The lowest BCUT2D eigenvalue weighted by Gasteiger charge is -2.11. The molecule has 1 aliphatic rings. The first-order chi connectivity index (χ1) is 9.99. The summed E-state index contributed by atoms with van der Waals surface area (Å²) >= 11 is 0. The molecule has 0 saturated heterocycles. The van der Waals surface area contributed by atoms with E-state index in [9.17, 15) is 8.42 Å². The van der Waals surface area contributed by atoms with Crippen molar-refractivity contribution in [1.82, 2.24) is 14.9 Å². The maximum atomic E-state index is 12.2. The summed E-state index contributed by atoms with van der Waals surface area (Å²) in [7, 11) is 0.481. The number of fused-ring (bicyclic) bond motifs is 1. The average molecular weight is 313 g/mol. The number of nitrogens with zero attached hydrogens (tertiary/aromatic N) is 1. The number of nitrogens with one attached hydrogen (secondary N) is 2. The van der Waals surface area contributed by atoms with E-state index in [2.05, 4.69) is 10.0 Å². The summed E-state index contributed by atoms with van der Waals surface area (Å²) in [4.78, 5) is 2.33. The van der Waals surface area contributed by atoms with Crippen LogP contribution in [0.3, 0.4) is 0 Å². The molecule has 118 valence electrons. The second kappa shape index (κ2) is 7.33. The van der Waals surface area contributed by atoms with Crippen molar-refractivity contribution in [3.05, 3.63) is 29.3 Å². The van der Waals surface area contributed by atoms with Gasteiger partial charge in [0, 0.05) is 26.2 Å². The van der Waals surface area contributed by atoms with Crippen molar-refractivity contribution in [2.75, 3.05) is 40.4 Å². The Balaban J connectivity index is 1.82. The highest BCUT2D eigenvalue weighted by molar-refractivity contribution is 7.89. The van der Waals surface area contributed by atoms with E-state index in [1.807, 2.05) is 25.1 Å². The number of likely N-dealkylation sites (N-methyl/N-ethyl adjacent to an activating group) is 1. The normalized spacial score (nSPS) is 14.6. The van der Waals surface area contributed by atoms with Gasteiger partial charge in [-0.1, -0.05) is 6.07 Å². The van der Waals surface area contributed by atoms with Gasteiger partial charge >= 0.3 is 0 Å². The Hall–Kier alpha value is -0.990. The fourth-order valence-electron chi connectivity index (χ4n) is 2.12. The van der Waals surface area contributed by atoms with Gasteiger partial charge in [0.25, 0.3) is 0 Å². The fourth-order valence-corrected chi connectivity index (χ4v) is 3.18. The van der Waals surface area contributed by atoms with Crippen LogP contribution in [0.5, 0.6) is 0 Å². The number of hydrogen-bond donors (Lipinski definition) is 2. The molecule has 0 radical (unpaired) electrons. The second-order valence-electron chi connectivity index (χ2n) is 5.35. The Kier molecular flexibility index (Phi) is 5.72. The van der Waals surface area contributed by atoms with E-state index in [4.69, 9.17) is 4.74 Å². The van der Waals surface area contributed by atoms with Crippen LogP contribution in [-0.2, 0) is 27.8 Å². The Morgan fingerprint density at radius 3 is 2.76 bits per heavy atom. The van der Waals surface area contributed by atoms with Gasteiger partial charge in [-0.05, 0) is 37.4 Å². The summed E-state index contributed by atoms with van der Waals surface area (Å²) in [6.45, 7) is 3.61. The van der Waals surface area contributed by atoms with E-state index in [0.29, 0.717) is 18.1 Å². The summed E-state index contributed by atoms with van der Waals surface area (Å²) in [5, 5.41) is 3.20. The third kappa shape index (κ3) is 4.76. The van der Waals surface area contributed by atoms with Crippen LogP contribution in [0.1, 0.15) is 11.1 Å². The zero-order chi connectivity index (χ0) is 15.3. The maximum Gasteiger partial charge on any atom is 0.240 e. The Bertz CT molecular complexity index is 573. The molecule has 2 N–H and O–H groups in total. The van der Waals surface area contributed by atoms with Gasteiger partial charge in [0.15, 0.2) is 0 Å². The van der Waals surface area contributed by atoms with Gasteiger partial charge in [-0.15, -0.1) is 0 Å². The van der Waals surface area contributed by atoms with Crippen molar-refractivity contribution in [3.63, 3.8) is 0 Å². The smallest absolute Gasteiger partial charge is 0.240 e. The third-order valence-corrected chi connectivity index (χ3v) is 4.80. The van der Waals surface area contributed by atoms with Crippen LogP contribution in [0.2, 0.25) is 0 Å². The minimum absolute atomic E-state index is 0.283. The summed E-state index contributed by atoms with van der Waals surface area (Å²) in [5.74, 6) is 0. The molecule has 1 aromatic carbocycles. The van der Waals surface area contributed by atoms with E-state index < -0.39 is 10.0 Å². The molecule has 1 aromatic rings. The molecule has 0 aliphatic carbocycles. The molecule has 6 nitrogen and oxygen atoms in total. The molecule has 7 heteroatoms. The molecule has 0 fully saturated rings. The standard InChI is InChI=1S/C14H23N3O3S/c1-17(2)6-8-20-7-5-16-21(18,19)14-4-3-12-10-15-11-13(12)9-14/h3-4,9,15-16H,5-8,10-11H2,1-2H3. The van der Waals surface area contributed by atoms with E-state index in [-0.39, 0.29) is 6.54 Å². The molecule has 21 heavy (non-hydrogen) atoms. The molecule has 0 amide bonds. The number of sulfonamides is 1. The van der Waals surface area contributed by atoms with Crippen molar-refractivity contribution in [2.24, 2.45) is 0 Å². The predicted octanol–water partition coefficient (Wildman–Crippen LogP) is 0.146. The van der Waals surface area contributed by atoms with E-state index >= 15 is 0 Å². The van der Waals surface area contributed by atoms with Gasteiger partial charge < -0.3 is 15.0 Å². The van der Waals surface area contributed by atoms with Gasteiger partial charge in [-0.25, -0.2) is 13.1 Å². The van der Waals surface area contributed by atoms with Crippen LogP contribution in [0.25, 0.3) is 0 Å². The molecule has 1 heterocycles. The number of ether oxygens (including phenoxy) is 1. The van der Waals surface area contributed by atoms with E-state index in [1.165, 1.54) is 5.56 Å². The third-order valence-electron chi connectivity index (χ3n) is 3.34. The largest absolute Gasteiger partial charge is 0.379 e. The van der Waals surface area contributed by atoms with E-state index in [1.54, 1.807) is 12.1 Å². The van der Waals surface area contributed by atoms with Gasteiger partial charge in [0.05, 0.1) is 18.1 Å². The minimum Gasteiger partial charge on any atom is -0.379 e. The van der Waals surface area contributed by atoms with Crippen LogP contribution < -0.4 is 10.0 Å². The van der Waals surface area contributed by atoms with Crippen molar-refractivity contribution in [3.8, 4) is 0 Å². The molecule has 0 aromatic heterocycles. The Morgan fingerprint density at radius 1 is 1.24 bits per heavy atom.